The molecule has 52 valence electrons. The number of halogens is 1. The number of rotatable bonds is 2. The first kappa shape index (κ1) is 6.80. The second-order valence-corrected chi connectivity index (χ2v) is 1.81. The normalized spacial score (nSPS) is 9.30. The quantitative estimate of drug-likeness (QED) is 0.492. The lowest BCUT2D eigenvalue weighted by Crippen LogP contribution is -1.84. The Hall–Kier alpha value is -1.32. The summed E-state index contributed by atoms with van der Waals surface area (Å²) in [6.45, 7) is 0.271. The minimum absolute atomic E-state index is 0.271. The average molecular weight is 139 g/mol. The Morgan fingerprint density at radius 2 is 2.40 bits per heavy atom. The summed E-state index contributed by atoms with van der Waals surface area (Å²) in [7, 11) is 0. The van der Waals surface area contributed by atoms with Gasteiger partial charge in [-0.25, -0.2) is 10.5 Å². The van der Waals surface area contributed by atoms with Gasteiger partial charge < -0.3 is 0 Å². The second kappa shape index (κ2) is 3.00. The van der Waals surface area contributed by atoms with Gasteiger partial charge in [-0.15, -0.1) is 0 Å². The highest BCUT2D eigenvalue weighted by Gasteiger charge is 1.91. The van der Waals surface area contributed by atoms with Crippen LogP contribution in [0.5, 0.6) is 0 Å². The fraction of sp³-hybridized carbons (Fsp3) is 0.167. The van der Waals surface area contributed by atoms with E-state index in [1.165, 1.54) is 12.3 Å². The molecule has 1 N–H and O–H groups in total. The van der Waals surface area contributed by atoms with Crippen molar-refractivity contribution in [3.8, 4) is 0 Å². The maximum Gasteiger partial charge on any atom is 0.212 e. The van der Waals surface area contributed by atoms with Crippen LogP contribution in [-0.2, 0) is 6.54 Å². The predicted octanol–water partition coefficient (Wildman–Crippen LogP) is 1.75. The zero-order valence-electron chi connectivity index (χ0n) is 5.21. The molecule has 10 heavy (non-hydrogen) atoms. The van der Waals surface area contributed by atoms with E-state index < -0.39 is 5.95 Å². The average Bonchev–Trinajstić information content (AvgIpc) is 1.95. The lowest BCUT2D eigenvalue weighted by Gasteiger charge is -1.91. The van der Waals surface area contributed by atoms with Crippen LogP contribution in [0, 0.1) is 11.5 Å². The number of aromatic nitrogens is 1. The number of nitrogens with one attached hydrogen (secondary N) is 1. The SMILES string of the molecule is N=NCc1ccc(F)nc1. The van der Waals surface area contributed by atoms with Crippen molar-refractivity contribution in [2.45, 2.75) is 6.54 Å². The largest absolute Gasteiger partial charge is 0.228 e. The Kier molecular flexibility index (Phi) is 2.04. The van der Waals surface area contributed by atoms with Crippen LogP contribution in [0.15, 0.2) is 23.4 Å². The molecule has 0 unspecified atom stereocenters. The smallest absolute Gasteiger partial charge is 0.212 e. The van der Waals surface area contributed by atoms with Gasteiger partial charge in [0.2, 0.25) is 5.95 Å². The van der Waals surface area contributed by atoms with Crippen LogP contribution in [0.4, 0.5) is 4.39 Å². The number of hydrogen-bond donors (Lipinski definition) is 1. The second-order valence-electron chi connectivity index (χ2n) is 1.81. The Morgan fingerprint density at radius 3 is 2.90 bits per heavy atom. The van der Waals surface area contributed by atoms with Gasteiger partial charge >= 0.3 is 0 Å². The van der Waals surface area contributed by atoms with Crippen LogP contribution in [0.25, 0.3) is 0 Å². The molecule has 0 amide bonds. The lowest BCUT2D eigenvalue weighted by molar-refractivity contribution is 0.582. The summed E-state index contributed by atoms with van der Waals surface area (Å²) in [4.78, 5) is 3.39. The van der Waals surface area contributed by atoms with Crippen LogP contribution >= 0.6 is 0 Å². The maximum atomic E-state index is 12.1. The molecule has 0 aliphatic heterocycles. The van der Waals surface area contributed by atoms with Crippen molar-refractivity contribution in [2.24, 2.45) is 5.11 Å². The van der Waals surface area contributed by atoms with Crippen molar-refractivity contribution in [3.63, 3.8) is 0 Å². The summed E-state index contributed by atoms with van der Waals surface area (Å²) < 4.78 is 12.1. The Morgan fingerprint density at radius 1 is 1.60 bits per heavy atom. The number of nitrogens with zero attached hydrogens (tertiary/aromatic N) is 2. The Labute approximate surface area is 57.4 Å². The zero-order chi connectivity index (χ0) is 7.40. The Balaban J connectivity index is 2.78. The van der Waals surface area contributed by atoms with Crippen LogP contribution < -0.4 is 0 Å². The molecule has 0 aliphatic rings. The summed E-state index contributed by atoms with van der Waals surface area (Å²) in [6, 6.07) is 2.81. The number of hydrogen-bond acceptors (Lipinski definition) is 3. The van der Waals surface area contributed by atoms with Gasteiger partial charge in [-0.05, 0) is 11.6 Å². The molecule has 4 heteroatoms. The molecule has 0 radical (unpaired) electrons. The van der Waals surface area contributed by atoms with E-state index in [0.29, 0.717) is 0 Å². The highest BCUT2D eigenvalue weighted by Crippen LogP contribution is 1.99. The van der Waals surface area contributed by atoms with Crippen LogP contribution in [-0.4, -0.2) is 4.98 Å². The minimum Gasteiger partial charge on any atom is -0.228 e. The fourth-order valence-electron chi connectivity index (χ4n) is 0.591. The first-order chi connectivity index (χ1) is 4.83. The molecule has 0 aromatic carbocycles. The first-order valence-corrected chi connectivity index (χ1v) is 2.76. The maximum absolute atomic E-state index is 12.1. The molecule has 0 saturated carbocycles. The monoisotopic (exact) mass is 139 g/mol. The van der Waals surface area contributed by atoms with Crippen molar-refractivity contribution >= 4 is 0 Å². The van der Waals surface area contributed by atoms with E-state index in [4.69, 9.17) is 5.53 Å². The summed E-state index contributed by atoms with van der Waals surface area (Å²) >= 11 is 0. The van der Waals surface area contributed by atoms with Crippen LogP contribution in [0.1, 0.15) is 5.56 Å². The summed E-state index contributed by atoms with van der Waals surface area (Å²) in [5.74, 6) is -0.506. The van der Waals surface area contributed by atoms with Gasteiger partial charge in [0, 0.05) is 6.20 Å². The predicted molar refractivity (Wildman–Crippen MR) is 33.0 cm³/mol. The zero-order valence-corrected chi connectivity index (χ0v) is 5.21. The van der Waals surface area contributed by atoms with Crippen molar-refractivity contribution in [3.05, 3.63) is 29.8 Å². The van der Waals surface area contributed by atoms with Crippen molar-refractivity contribution in [1.82, 2.24) is 4.98 Å². The molecule has 0 saturated heterocycles. The highest BCUT2D eigenvalue weighted by molar-refractivity contribution is 5.08. The number of pyridine rings is 1. The van der Waals surface area contributed by atoms with Gasteiger partial charge in [0.15, 0.2) is 0 Å². The standard InChI is InChI=1S/C6H6FN3/c7-6-2-1-5(3-9-6)4-10-8/h1-3,8H,4H2. The van der Waals surface area contributed by atoms with Crippen molar-refractivity contribution in [1.29, 1.82) is 5.53 Å². The third kappa shape index (κ3) is 1.58. The molecule has 0 aliphatic carbocycles. The molecule has 0 fully saturated rings. The van der Waals surface area contributed by atoms with E-state index in [1.807, 2.05) is 0 Å². The fourth-order valence-corrected chi connectivity index (χ4v) is 0.591. The van der Waals surface area contributed by atoms with E-state index in [2.05, 4.69) is 10.1 Å². The van der Waals surface area contributed by atoms with Crippen LogP contribution in [0.2, 0.25) is 0 Å². The summed E-state index contributed by atoms with van der Waals surface area (Å²) in [6.07, 6.45) is 1.37. The third-order valence-electron chi connectivity index (χ3n) is 1.05. The molecular formula is C6H6FN3. The molecule has 1 aromatic rings. The van der Waals surface area contributed by atoms with Gasteiger partial charge in [0.1, 0.15) is 0 Å². The van der Waals surface area contributed by atoms with Crippen LogP contribution in [0.3, 0.4) is 0 Å². The first-order valence-electron chi connectivity index (χ1n) is 2.76. The summed E-state index contributed by atoms with van der Waals surface area (Å²) in [5.41, 5.74) is 7.24. The van der Waals surface area contributed by atoms with E-state index in [-0.39, 0.29) is 6.54 Å². The van der Waals surface area contributed by atoms with Gasteiger partial charge in [-0.1, -0.05) is 6.07 Å². The highest BCUT2D eigenvalue weighted by atomic mass is 19.1. The molecule has 0 atom stereocenters. The molecule has 0 bridgehead atoms. The molecule has 0 spiro atoms. The molecular weight excluding hydrogens is 133 g/mol. The van der Waals surface area contributed by atoms with Crippen molar-refractivity contribution < 1.29 is 4.39 Å². The van der Waals surface area contributed by atoms with E-state index in [1.54, 1.807) is 6.07 Å². The minimum atomic E-state index is -0.506. The molecule has 1 aromatic heterocycles. The van der Waals surface area contributed by atoms with Gasteiger partial charge in [-0.3, -0.25) is 0 Å². The molecule has 3 nitrogen and oxygen atoms in total. The summed E-state index contributed by atoms with van der Waals surface area (Å²) in [5, 5.41) is 3.12. The third-order valence-corrected chi connectivity index (χ3v) is 1.05. The topological polar surface area (TPSA) is 49.1 Å². The van der Waals surface area contributed by atoms with Gasteiger partial charge in [0.25, 0.3) is 0 Å². The van der Waals surface area contributed by atoms with Gasteiger partial charge in [-0.2, -0.15) is 9.50 Å². The molecule has 1 heterocycles. The van der Waals surface area contributed by atoms with E-state index in [9.17, 15) is 4.39 Å². The van der Waals surface area contributed by atoms with E-state index in [0.717, 1.165) is 5.56 Å². The molecule has 1 rings (SSSR count). The Bertz CT molecular complexity index is 219. The van der Waals surface area contributed by atoms with Gasteiger partial charge in [0.05, 0.1) is 6.54 Å². The van der Waals surface area contributed by atoms with Crippen molar-refractivity contribution in [2.75, 3.05) is 0 Å². The van der Waals surface area contributed by atoms with E-state index >= 15 is 0 Å². The lowest BCUT2D eigenvalue weighted by atomic mass is 10.3.